The molecule has 5 nitrogen and oxygen atoms in total. The van der Waals surface area contributed by atoms with E-state index in [1.165, 1.54) is 0 Å². The first-order chi connectivity index (χ1) is 7.09. The number of hydrogen-bond donors (Lipinski definition) is 1. The van der Waals surface area contributed by atoms with Crippen LogP contribution in [0.1, 0.15) is 5.56 Å². The number of benzene rings is 1. The quantitative estimate of drug-likeness (QED) is 0.822. The van der Waals surface area contributed by atoms with Crippen molar-refractivity contribution < 1.29 is 18.3 Å². The van der Waals surface area contributed by atoms with Crippen molar-refractivity contribution in [2.75, 3.05) is 0 Å². The lowest BCUT2D eigenvalue weighted by Gasteiger charge is -2.04. The average molecular weight is 227 g/mol. The molecule has 1 N–H and O–H groups in total. The third kappa shape index (κ3) is 3.90. The normalized spacial score (nSPS) is 11.7. The molecule has 1 rings (SSSR count). The van der Waals surface area contributed by atoms with Crippen LogP contribution in [0.2, 0.25) is 0 Å². The van der Waals surface area contributed by atoms with Crippen molar-refractivity contribution >= 4 is 16.5 Å². The minimum absolute atomic E-state index is 0.0736. The minimum Gasteiger partial charge on any atom is -0.480 e. The SMILES string of the molecule is O=C(O)[C@H](Cc1ccccc1)N=S(=O)=O. The molecular weight excluding hydrogens is 218 g/mol. The van der Waals surface area contributed by atoms with E-state index in [0.717, 1.165) is 5.56 Å². The Kier molecular flexibility index (Phi) is 3.99. The molecule has 0 saturated heterocycles. The summed E-state index contributed by atoms with van der Waals surface area (Å²) in [6.07, 6.45) is 0.0736. The van der Waals surface area contributed by atoms with E-state index in [1.807, 2.05) is 0 Å². The first-order valence-electron chi connectivity index (χ1n) is 4.16. The first-order valence-corrected chi connectivity index (χ1v) is 5.19. The summed E-state index contributed by atoms with van der Waals surface area (Å²) in [7, 11) is -2.70. The van der Waals surface area contributed by atoms with Crippen molar-refractivity contribution in [2.45, 2.75) is 12.5 Å². The Labute approximate surface area is 88.1 Å². The fourth-order valence-electron chi connectivity index (χ4n) is 1.11. The van der Waals surface area contributed by atoms with Gasteiger partial charge in [-0.2, -0.15) is 12.8 Å². The molecule has 0 aliphatic heterocycles. The van der Waals surface area contributed by atoms with E-state index in [0.29, 0.717) is 0 Å². The molecule has 0 fully saturated rings. The lowest BCUT2D eigenvalue weighted by Crippen LogP contribution is -2.20. The Bertz CT molecular complexity index is 458. The summed E-state index contributed by atoms with van der Waals surface area (Å²) in [6, 6.07) is 7.50. The fraction of sp³-hybridized carbons (Fsp3) is 0.222. The predicted octanol–water partition coefficient (Wildman–Crippen LogP) is 0.745. The van der Waals surface area contributed by atoms with Crippen molar-refractivity contribution in [3.8, 4) is 0 Å². The van der Waals surface area contributed by atoms with E-state index in [-0.39, 0.29) is 6.42 Å². The van der Waals surface area contributed by atoms with Gasteiger partial charge in [-0.05, 0) is 5.56 Å². The van der Waals surface area contributed by atoms with Crippen molar-refractivity contribution in [3.63, 3.8) is 0 Å². The number of nitrogens with zero attached hydrogens (tertiary/aromatic N) is 1. The van der Waals surface area contributed by atoms with Gasteiger partial charge in [0.2, 0.25) is 0 Å². The first kappa shape index (κ1) is 11.4. The second-order valence-corrected chi connectivity index (χ2v) is 3.51. The Morgan fingerprint density at radius 1 is 1.33 bits per heavy atom. The maximum Gasteiger partial charge on any atom is 0.330 e. The fourth-order valence-corrected chi connectivity index (χ4v) is 1.48. The van der Waals surface area contributed by atoms with Gasteiger partial charge in [-0.3, -0.25) is 0 Å². The van der Waals surface area contributed by atoms with Gasteiger partial charge < -0.3 is 5.11 Å². The number of aliphatic carboxylic acids is 1. The van der Waals surface area contributed by atoms with Crippen LogP contribution in [0, 0.1) is 0 Å². The van der Waals surface area contributed by atoms with Crippen LogP contribution in [-0.4, -0.2) is 25.5 Å². The number of carboxylic acid groups (broad SMARTS) is 1. The molecule has 0 aliphatic rings. The summed E-state index contributed by atoms with van der Waals surface area (Å²) in [4.78, 5) is 10.7. The third-order valence-corrected chi connectivity index (χ3v) is 2.20. The second kappa shape index (κ2) is 5.26. The highest BCUT2D eigenvalue weighted by Crippen LogP contribution is 2.05. The average Bonchev–Trinajstić information content (AvgIpc) is 2.17. The largest absolute Gasteiger partial charge is 0.480 e. The Morgan fingerprint density at radius 2 is 1.93 bits per heavy atom. The number of hydrogen-bond acceptors (Lipinski definition) is 4. The summed E-state index contributed by atoms with van der Waals surface area (Å²) in [5, 5.41) is 8.72. The van der Waals surface area contributed by atoms with Crippen LogP contribution in [0.5, 0.6) is 0 Å². The van der Waals surface area contributed by atoms with Gasteiger partial charge in [-0.25, -0.2) is 4.79 Å². The van der Waals surface area contributed by atoms with E-state index in [2.05, 4.69) is 4.36 Å². The Balaban J connectivity index is 2.86. The third-order valence-electron chi connectivity index (χ3n) is 1.77. The van der Waals surface area contributed by atoms with Gasteiger partial charge in [0.25, 0.3) is 0 Å². The van der Waals surface area contributed by atoms with Crippen molar-refractivity contribution in [1.29, 1.82) is 0 Å². The van der Waals surface area contributed by atoms with Gasteiger partial charge in [0.1, 0.15) is 0 Å². The predicted molar refractivity (Wildman–Crippen MR) is 52.9 cm³/mol. The van der Waals surface area contributed by atoms with Gasteiger partial charge in [-0.15, -0.1) is 0 Å². The molecule has 0 amide bonds. The van der Waals surface area contributed by atoms with E-state index in [4.69, 9.17) is 5.11 Å². The summed E-state index contributed by atoms with van der Waals surface area (Å²) in [5.74, 6) is -1.25. The summed E-state index contributed by atoms with van der Waals surface area (Å²) in [6.45, 7) is 0. The number of carbonyl (C=O) groups is 1. The maximum atomic E-state index is 10.7. The molecule has 0 radical (unpaired) electrons. The van der Waals surface area contributed by atoms with Crippen LogP contribution >= 0.6 is 0 Å². The number of rotatable bonds is 4. The smallest absolute Gasteiger partial charge is 0.330 e. The molecule has 0 bridgehead atoms. The van der Waals surface area contributed by atoms with E-state index < -0.39 is 22.5 Å². The van der Waals surface area contributed by atoms with Crippen LogP contribution < -0.4 is 0 Å². The molecule has 0 aromatic heterocycles. The molecular formula is C9H9NO4S. The van der Waals surface area contributed by atoms with Gasteiger partial charge in [0, 0.05) is 6.42 Å². The lowest BCUT2D eigenvalue weighted by molar-refractivity contribution is -0.138. The molecule has 80 valence electrons. The minimum atomic E-state index is -2.70. The zero-order valence-corrected chi connectivity index (χ0v) is 8.52. The van der Waals surface area contributed by atoms with Gasteiger partial charge in [-0.1, -0.05) is 30.3 Å². The second-order valence-electron chi connectivity index (χ2n) is 2.87. The molecule has 1 aromatic rings. The van der Waals surface area contributed by atoms with Crippen molar-refractivity contribution in [1.82, 2.24) is 0 Å². The van der Waals surface area contributed by atoms with E-state index in [9.17, 15) is 13.2 Å². The Hall–Kier alpha value is -1.69. The van der Waals surface area contributed by atoms with Crippen LogP contribution in [-0.2, 0) is 21.7 Å². The standard InChI is InChI=1S/C9H9NO4S/c11-9(12)8(10-15(13)14)6-7-4-2-1-3-5-7/h1-5,8H,6H2,(H,11,12)/t8-/m0/s1. The molecule has 0 heterocycles. The molecule has 1 aromatic carbocycles. The molecule has 0 saturated carbocycles. The highest BCUT2D eigenvalue weighted by atomic mass is 32.2. The summed E-state index contributed by atoms with van der Waals surface area (Å²) < 4.78 is 23.6. The summed E-state index contributed by atoms with van der Waals surface area (Å²) in [5.41, 5.74) is 0.735. The molecule has 1 atom stereocenters. The lowest BCUT2D eigenvalue weighted by atomic mass is 10.1. The van der Waals surface area contributed by atoms with Crippen LogP contribution in [0.3, 0.4) is 0 Å². The highest BCUT2D eigenvalue weighted by molar-refractivity contribution is 7.61. The number of carboxylic acids is 1. The summed E-state index contributed by atoms with van der Waals surface area (Å²) >= 11 is 0. The Morgan fingerprint density at radius 3 is 2.40 bits per heavy atom. The maximum absolute atomic E-state index is 10.7. The van der Waals surface area contributed by atoms with Crippen molar-refractivity contribution in [3.05, 3.63) is 35.9 Å². The van der Waals surface area contributed by atoms with Gasteiger partial charge >= 0.3 is 16.5 Å². The monoisotopic (exact) mass is 227 g/mol. The van der Waals surface area contributed by atoms with Gasteiger partial charge in [0.05, 0.1) is 0 Å². The van der Waals surface area contributed by atoms with Crippen LogP contribution in [0.25, 0.3) is 0 Å². The highest BCUT2D eigenvalue weighted by Gasteiger charge is 2.17. The van der Waals surface area contributed by atoms with Gasteiger partial charge in [0.15, 0.2) is 6.04 Å². The molecule has 15 heavy (non-hydrogen) atoms. The zero-order valence-electron chi connectivity index (χ0n) is 7.70. The topological polar surface area (TPSA) is 83.8 Å². The molecule has 0 unspecified atom stereocenters. The van der Waals surface area contributed by atoms with E-state index >= 15 is 0 Å². The molecule has 0 spiro atoms. The molecule has 0 aliphatic carbocycles. The molecule has 6 heteroatoms. The zero-order chi connectivity index (χ0) is 11.3. The van der Waals surface area contributed by atoms with Crippen LogP contribution in [0.4, 0.5) is 0 Å². The van der Waals surface area contributed by atoms with E-state index in [1.54, 1.807) is 30.3 Å². The van der Waals surface area contributed by atoms with Crippen LogP contribution in [0.15, 0.2) is 34.7 Å². The van der Waals surface area contributed by atoms with Crippen molar-refractivity contribution in [2.24, 2.45) is 4.36 Å².